The van der Waals surface area contributed by atoms with Crippen LogP contribution in [-0.4, -0.2) is 23.1 Å². The fourth-order valence-corrected chi connectivity index (χ4v) is 2.36. The molecule has 20 heavy (non-hydrogen) atoms. The Morgan fingerprint density at radius 2 is 2.00 bits per heavy atom. The summed E-state index contributed by atoms with van der Waals surface area (Å²) in [6.07, 6.45) is 0. The van der Waals surface area contributed by atoms with Crippen molar-refractivity contribution in [3.63, 3.8) is 0 Å². The maximum absolute atomic E-state index is 13.0. The van der Waals surface area contributed by atoms with Crippen molar-refractivity contribution in [2.24, 2.45) is 5.92 Å². The minimum atomic E-state index is -1.14. The quantitative estimate of drug-likeness (QED) is 0.762. The predicted molar refractivity (Wildman–Crippen MR) is 77.5 cm³/mol. The molecule has 5 nitrogen and oxygen atoms in total. The van der Waals surface area contributed by atoms with Gasteiger partial charge in [0.25, 0.3) is 0 Å². The Morgan fingerprint density at radius 3 is 2.45 bits per heavy atom. The zero-order chi connectivity index (χ0) is 15.4. The second-order valence-corrected chi connectivity index (χ2v) is 5.66. The molecule has 1 aromatic carbocycles. The van der Waals surface area contributed by atoms with Gasteiger partial charge in [-0.25, -0.2) is 14.0 Å². The van der Waals surface area contributed by atoms with Crippen molar-refractivity contribution in [2.45, 2.75) is 19.9 Å². The first-order chi connectivity index (χ1) is 9.22. The Kier molecular flexibility index (Phi) is 5.76. The van der Waals surface area contributed by atoms with Gasteiger partial charge < -0.3 is 15.7 Å². The third-order valence-corrected chi connectivity index (χ3v) is 3.39. The van der Waals surface area contributed by atoms with Gasteiger partial charge in [0.05, 0.1) is 10.7 Å². The van der Waals surface area contributed by atoms with E-state index in [9.17, 15) is 14.0 Å². The molecule has 3 N–H and O–H groups in total. The number of rotatable bonds is 4. The number of nitrogens with one attached hydrogen (secondary N) is 2. The molecule has 0 fully saturated rings. The first kappa shape index (κ1) is 16.7. The number of carbonyl (C=O) groups is 2. The van der Waals surface area contributed by atoms with Crippen LogP contribution in [-0.2, 0) is 4.79 Å². The van der Waals surface area contributed by atoms with Gasteiger partial charge in [-0.3, -0.25) is 0 Å². The molecule has 0 aliphatic carbocycles. The molecule has 0 spiro atoms. The molecule has 0 radical (unpaired) electrons. The molecule has 0 aliphatic rings. The van der Waals surface area contributed by atoms with E-state index in [4.69, 9.17) is 16.7 Å². The third kappa shape index (κ3) is 4.35. The lowest BCUT2D eigenvalue weighted by Gasteiger charge is -2.19. The van der Waals surface area contributed by atoms with Crippen molar-refractivity contribution >= 4 is 45.2 Å². The van der Waals surface area contributed by atoms with Gasteiger partial charge >= 0.3 is 12.0 Å². The molecule has 110 valence electrons. The molecule has 0 heterocycles. The summed E-state index contributed by atoms with van der Waals surface area (Å²) in [4.78, 5) is 22.7. The molecule has 2 amide bonds. The molecule has 0 saturated heterocycles. The lowest BCUT2D eigenvalue weighted by Crippen LogP contribution is -2.46. The summed E-state index contributed by atoms with van der Waals surface area (Å²) < 4.78 is 13.3. The van der Waals surface area contributed by atoms with E-state index in [-0.39, 0.29) is 21.1 Å². The number of anilines is 1. The Morgan fingerprint density at radius 1 is 1.40 bits per heavy atom. The number of carbonyl (C=O) groups excluding carboxylic acids is 1. The van der Waals surface area contributed by atoms with E-state index < -0.39 is 23.9 Å². The first-order valence-corrected chi connectivity index (χ1v) is 6.84. The van der Waals surface area contributed by atoms with Gasteiger partial charge in [0.15, 0.2) is 0 Å². The van der Waals surface area contributed by atoms with Gasteiger partial charge in [-0.05, 0) is 34.0 Å². The molecule has 1 unspecified atom stereocenters. The van der Waals surface area contributed by atoms with Crippen LogP contribution in [0, 0.1) is 11.7 Å². The third-order valence-electron chi connectivity index (χ3n) is 2.46. The number of carboxylic acid groups (broad SMARTS) is 1. The maximum atomic E-state index is 13.0. The summed E-state index contributed by atoms with van der Waals surface area (Å²) in [6, 6.07) is 0.408. The van der Waals surface area contributed by atoms with Crippen LogP contribution < -0.4 is 10.6 Å². The zero-order valence-electron chi connectivity index (χ0n) is 10.7. The van der Waals surface area contributed by atoms with Gasteiger partial charge in [0, 0.05) is 4.47 Å². The highest BCUT2D eigenvalue weighted by atomic mass is 79.9. The van der Waals surface area contributed by atoms with Crippen molar-refractivity contribution in [1.29, 1.82) is 0 Å². The number of halogens is 3. The van der Waals surface area contributed by atoms with Crippen LogP contribution in [0.2, 0.25) is 5.02 Å². The summed E-state index contributed by atoms with van der Waals surface area (Å²) in [7, 11) is 0. The van der Waals surface area contributed by atoms with E-state index in [2.05, 4.69) is 26.6 Å². The van der Waals surface area contributed by atoms with Gasteiger partial charge in [0.2, 0.25) is 0 Å². The molecule has 1 rings (SSSR count). The van der Waals surface area contributed by atoms with E-state index in [1.807, 2.05) is 0 Å². The second-order valence-electron chi connectivity index (χ2n) is 4.40. The van der Waals surface area contributed by atoms with E-state index in [1.165, 1.54) is 0 Å². The first-order valence-electron chi connectivity index (χ1n) is 5.67. The highest BCUT2D eigenvalue weighted by Gasteiger charge is 2.24. The van der Waals surface area contributed by atoms with Crippen molar-refractivity contribution in [3.05, 3.63) is 27.4 Å². The minimum absolute atomic E-state index is 0.00319. The Balaban J connectivity index is 2.84. The average molecular weight is 368 g/mol. The maximum Gasteiger partial charge on any atom is 0.326 e. The number of carboxylic acids is 1. The Hall–Kier alpha value is -1.34. The topological polar surface area (TPSA) is 78.4 Å². The molecular weight excluding hydrogens is 354 g/mol. The predicted octanol–water partition coefficient (Wildman–Crippen LogP) is 3.47. The molecule has 0 saturated carbocycles. The fourth-order valence-electron chi connectivity index (χ4n) is 1.47. The number of amides is 2. The summed E-state index contributed by atoms with van der Waals surface area (Å²) in [5.74, 6) is -1.98. The SMILES string of the molecule is CC(C)C(NC(=O)Nc1c(Cl)cc(F)cc1Br)C(=O)O. The van der Waals surface area contributed by atoms with Crippen LogP contribution in [0.1, 0.15) is 13.8 Å². The van der Waals surface area contributed by atoms with Gasteiger partial charge in [-0.2, -0.15) is 0 Å². The van der Waals surface area contributed by atoms with E-state index in [0.29, 0.717) is 0 Å². The summed E-state index contributed by atoms with van der Waals surface area (Å²) in [5, 5.41) is 13.7. The number of hydrogen-bond donors (Lipinski definition) is 3. The highest BCUT2D eigenvalue weighted by Crippen LogP contribution is 2.31. The molecule has 0 aliphatic heterocycles. The van der Waals surface area contributed by atoms with E-state index in [0.717, 1.165) is 12.1 Å². The number of urea groups is 1. The molecular formula is C12H13BrClFN2O3. The summed E-state index contributed by atoms with van der Waals surface area (Å²) >= 11 is 8.88. The number of aliphatic carboxylic acids is 1. The van der Waals surface area contributed by atoms with Crippen LogP contribution in [0.15, 0.2) is 16.6 Å². The normalized spacial score (nSPS) is 12.1. The lowest BCUT2D eigenvalue weighted by atomic mass is 10.1. The highest BCUT2D eigenvalue weighted by molar-refractivity contribution is 9.10. The van der Waals surface area contributed by atoms with Crippen molar-refractivity contribution in [3.8, 4) is 0 Å². The molecule has 8 heteroatoms. The van der Waals surface area contributed by atoms with Crippen LogP contribution in [0.3, 0.4) is 0 Å². The molecule has 0 bridgehead atoms. The standard InChI is InChI=1S/C12H13BrClFN2O3/c1-5(2)9(11(18)19)16-12(20)17-10-7(13)3-6(15)4-8(10)14/h3-5,9H,1-2H3,(H,18,19)(H2,16,17,20). The minimum Gasteiger partial charge on any atom is -0.480 e. The van der Waals surface area contributed by atoms with Gasteiger partial charge in [0.1, 0.15) is 11.9 Å². The number of hydrogen-bond acceptors (Lipinski definition) is 2. The average Bonchev–Trinajstić information content (AvgIpc) is 2.29. The second kappa shape index (κ2) is 6.90. The smallest absolute Gasteiger partial charge is 0.326 e. The van der Waals surface area contributed by atoms with Gasteiger partial charge in [-0.15, -0.1) is 0 Å². The van der Waals surface area contributed by atoms with Crippen LogP contribution >= 0.6 is 27.5 Å². The number of benzene rings is 1. The van der Waals surface area contributed by atoms with Crippen molar-refractivity contribution < 1.29 is 19.1 Å². The van der Waals surface area contributed by atoms with Crippen LogP contribution in [0.25, 0.3) is 0 Å². The van der Waals surface area contributed by atoms with Crippen molar-refractivity contribution in [1.82, 2.24) is 5.32 Å². The van der Waals surface area contributed by atoms with E-state index >= 15 is 0 Å². The largest absolute Gasteiger partial charge is 0.480 e. The summed E-state index contributed by atoms with van der Waals surface area (Å²) in [6.45, 7) is 3.33. The summed E-state index contributed by atoms with van der Waals surface area (Å²) in [5.41, 5.74) is 0.165. The van der Waals surface area contributed by atoms with E-state index in [1.54, 1.807) is 13.8 Å². The molecule has 1 atom stereocenters. The fraction of sp³-hybridized carbons (Fsp3) is 0.333. The zero-order valence-corrected chi connectivity index (χ0v) is 13.0. The van der Waals surface area contributed by atoms with Crippen molar-refractivity contribution in [2.75, 3.05) is 5.32 Å². The lowest BCUT2D eigenvalue weighted by molar-refractivity contribution is -0.140. The molecule has 0 aromatic heterocycles. The van der Waals surface area contributed by atoms with Crippen LogP contribution in [0.4, 0.5) is 14.9 Å². The Labute approximate surface area is 128 Å². The Bertz CT molecular complexity index is 516. The monoisotopic (exact) mass is 366 g/mol. The molecule has 1 aromatic rings. The van der Waals surface area contributed by atoms with Crippen LogP contribution in [0.5, 0.6) is 0 Å². The van der Waals surface area contributed by atoms with Gasteiger partial charge in [-0.1, -0.05) is 25.4 Å².